The first-order valence-electron chi connectivity index (χ1n) is 8.48. The third kappa shape index (κ3) is 4.30. The quantitative estimate of drug-likeness (QED) is 0.582. The van der Waals surface area contributed by atoms with Crippen LogP contribution in [0.1, 0.15) is 31.8 Å². The minimum Gasteiger partial charge on any atom is -0.465 e. The van der Waals surface area contributed by atoms with Gasteiger partial charge >= 0.3 is 11.9 Å². The first kappa shape index (κ1) is 18.5. The predicted molar refractivity (Wildman–Crippen MR) is 101 cm³/mol. The SMILES string of the molecule is COC(=O)c1ccc(C[N+]2(Cc3ccc(C(=O)OC)cc3)C=CN=C2)cc1. The lowest BCUT2D eigenvalue weighted by Gasteiger charge is -2.27. The van der Waals surface area contributed by atoms with Crippen LogP contribution in [0.15, 0.2) is 65.9 Å². The number of aliphatic imine (C=N–C) groups is 1. The molecular weight excluding hydrogens is 344 g/mol. The number of methoxy groups -OCH3 is 2. The first-order chi connectivity index (χ1) is 13.0. The van der Waals surface area contributed by atoms with Crippen molar-refractivity contribution in [2.75, 3.05) is 14.2 Å². The van der Waals surface area contributed by atoms with Gasteiger partial charge in [0.15, 0.2) is 6.34 Å². The molecule has 0 fully saturated rings. The van der Waals surface area contributed by atoms with Crippen molar-refractivity contribution in [2.24, 2.45) is 4.99 Å². The van der Waals surface area contributed by atoms with Crippen molar-refractivity contribution in [3.8, 4) is 0 Å². The summed E-state index contributed by atoms with van der Waals surface area (Å²) in [7, 11) is 2.74. The summed E-state index contributed by atoms with van der Waals surface area (Å²) in [4.78, 5) is 27.4. The number of hydrogen-bond acceptors (Lipinski definition) is 5. The van der Waals surface area contributed by atoms with Gasteiger partial charge in [-0.1, -0.05) is 24.3 Å². The van der Waals surface area contributed by atoms with E-state index >= 15 is 0 Å². The Morgan fingerprint density at radius 2 is 1.26 bits per heavy atom. The van der Waals surface area contributed by atoms with E-state index in [2.05, 4.69) is 4.99 Å². The molecule has 0 spiro atoms. The van der Waals surface area contributed by atoms with E-state index in [9.17, 15) is 9.59 Å². The Morgan fingerprint density at radius 3 is 1.59 bits per heavy atom. The second-order valence-corrected chi connectivity index (χ2v) is 6.36. The molecule has 0 radical (unpaired) electrons. The van der Waals surface area contributed by atoms with Crippen LogP contribution in [-0.2, 0) is 22.6 Å². The fraction of sp³-hybridized carbons (Fsp3) is 0.190. The lowest BCUT2D eigenvalue weighted by atomic mass is 10.1. The van der Waals surface area contributed by atoms with E-state index in [4.69, 9.17) is 9.47 Å². The van der Waals surface area contributed by atoms with E-state index in [0.29, 0.717) is 28.7 Å². The minimum atomic E-state index is -0.348. The molecule has 0 aromatic heterocycles. The zero-order valence-corrected chi connectivity index (χ0v) is 15.3. The molecule has 1 aliphatic heterocycles. The summed E-state index contributed by atoms with van der Waals surface area (Å²) in [5.41, 5.74) is 3.20. The second kappa shape index (κ2) is 7.97. The average molecular weight is 365 g/mol. The number of hydrogen-bond donors (Lipinski definition) is 0. The van der Waals surface area contributed by atoms with Crippen molar-refractivity contribution < 1.29 is 23.5 Å². The zero-order valence-electron chi connectivity index (χ0n) is 15.3. The molecule has 2 aromatic carbocycles. The van der Waals surface area contributed by atoms with E-state index < -0.39 is 0 Å². The molecule has 0 atom stereocenters. The zero-order chi connectivity index (χ0) is 19.3. The van der Waals surface area contributed by atoms with Crippen LogP contribution in [0, 0.1) is 0 Å². The number of rotatable bonds is 6. The first-order valence-corrected chi connectivity index (χ1v) is 8.48. The van der Waals surface area contributed by atoms with Crippen molar-refractivity contribution in [1.82, 2.24) is 0 Å². The number of quaternary nitrogens is 1. The van der Waals surface area contributed by atoms with E-state index in [1.807, 2.05) is 36.8 Å². The van der Waals surface area contributed by atoms with Crippen LogP contribution in [-0.4, -0.2) is 37.0 Å². The molecule has 0 unspecified atom stereocenters. The van der Waals surface area contributed by atoms with Crippen molar-refractivity contribution >= 4 is 18.3 Å². The fourth-order valence-electron chi connectivity index (χ4n) is 3.03. The van der Waals surface area contributed by atoms with Crippen molar-refractivity contribution in [3.63, 3.8) is 0 Å². The standard InChI is InChI=1S/C21H21N2O4/c1-26-20(24)18-7-3-16(4-8-18)13-23(12-11-22-15-23)14-17-5-9-19(10-6-17)21(25)27-2/h3-12,15H,13-14H2,1-2H3/q+1. The van der Waals surface area contributed by atoms with E-state index in [0.717, 1.165) is 11.1 Å². The van der Waals surface area contributed by atoms with Gasteiger partial charge in [0.05, 0.1) is 31.5 Å². The largest absolute Gasteiger partial charge is 0.465 e. The number of ether oxygens (including phenoxy) is 2. The molecular formula is C21H21N2O4+. The van der Waals surface area contributed by atoms with Gasteiger partial charge in [-0.25, -0.2) is 19.1 Å². The number of carbonyl (C=O) groups is 2. The summed E-state index contributed by atoms with van der Waals surface area (Å²) in [6.07, 6.45) is 5.70. The number of carbonyl (C=O) groups excluding carboxylic acids is 2. The molecule has 0 bridgehead atoms. The van der Waals surface area contributed by atoms with Crippen LogP contribution in [0.3, 0.4) is 0 Å². The molecule has 6 heteroatoms. The minimum absolute atomic E-state index is 0.348. The molecule has 138 valence electrons. The monoisotopic (exact) mass is 365 g/mol. The molecule has 2 aromatic rings. The van der Waals surface area contributed by atoms with Crippen molar-refractivity contribution in [1.29, 1.82) is 0 Å². The van der Waals surface area contributed by atoms with E-state index in [1.54, 1.807) is 30.5 Å². The van der Waals surface area contributed by atoms with Crippen molar-refractivity contribution in [2.45, 2.75) is 13.1 Å². The Bertz CT molecular complexity index is 808. The Kier molecular flexibility index (Phi) is 5.47. The summed E-state index contributed by atoms with van der Waals surface area (Å²) >= 11 is 0. The highest BCUT2D eigenvalue weighted by Gasteiger charge is 2.27. The highest BCUT2D eigenvalue weighted by molar-refractivity contribution is 5.89. The third-order valence-electron chi connectivity index (χ3n) is 4.45. The number of benzene rings is 2. The highest BCUT2D eigenvalue weighted by Crippen LogP contribution is 2.23. The summed E-state index contributed by atoms with van der Waals surface area (Å²) in [5.74, 6) is -0.697. The second-order valence-electron chi connectivity index (χ2n) is 6.36. The summed E-state index contributed by atoms with van der Waals surface area (Å²) in [6.45, 7) is 1.39. The Morgan fingerprint density at radius 1 is 0.815 bits per heavy atom. The summed E-state index contributed by atoms with van der Waals surface area (Å²) in [6, 6.07) is 14.7. The number of esters is 2. The van der Waals surface area contributed by atoms with Crippen LogP contribution in [0.2, 0.25) is 0 Å². The van der Waals surface area contributed by atoms with E-state index in [-0.39, 0.29) is 11.9 Å². The molecule has 1 aliphatic rings. The van der Waals surface area contributed by atoms with Crippen LogP contribution in [0.4, 0.5) is 0 Å². The highest BCUT2D eigenvalue weighted by atomic mass is 16.5. The van der Waals surface area contributed by atoms with Gasteiger partial charge in [-0.3, -0.25) is 0 Å². The van der Waals surface area contributed by atoms with Gasteiger partial charge < -0.3 is 9.47 Å². The Labute approximate surface area is 157 Å². The normalized spacial score (nSPS) is 14.1. The molecule has 3 rings (SSSR count). The van der Waals surface area contributed by atoms with Crippen LogP contribution < -0.4 is 0 Å². The number of nitrogens with zero attached hydrogens (tertiary/aromatic N) is 2. The van der Waals surface area contributed by atoms with Gasteiger partial charge in [0, 0.05) is 11.1 Å². The average Bonchev–Trinajstić information content (AvgIpc) is 3.15. The fourth-order valence-corrected chi connectivity index (χ4v) is 3.03. The molecule has 6 nitrogen and oxygen atoms in total. The third-order valence-corrected chi connectivity index (χ3v) is 4.45. The Hall–Kier alpha value is -3.25. The van der Waals surface area contributed by atoms with Gasteiger partial charge in [-0.15, -0.1) is 0 Å². The molecule has 1 heterocycles. The predicted octanol–water partition coefficient (Wildman–Crippen LogP) is 3.29. The maximum Gasteiger partial charge on any atom is 0.337 e. The molecule has 0 amide bonds. The van der Waals surface area contributed by atoms with Crippen LogP contribution >= 0.6 is 0 Å². The summed E-state index contributed by atoms with van der Waals surface area (Å²) < 4.78 is 9.99. The molecule has 0 saturated carbocycles. The van der Waals surface area contributed by atoms with Crippen LogP contribution in [0.25, 0.3) is 0 Å². The molecule has 0 N–H and O–H groups in total. The summed E-state index contributed by atoms with van der Waals surface area (Å²) in [5, 5.41) is 0. The maximum absolute atomic E-state index is 11.6. The van der Waals surface area contributed by atoms with Crippen LogP contribution in [0.5, 0.6) is 0 Å². The smallest absolute Gasteiger partial charge is 0.337 e. The maximum atomic E-state index is 11.6. The van der Waals surface area contributed by atoms with Gasteiger partial charge in [-0.05, 0) is 24.3 Å². The van der Waals surface area contributed by atoms with Gasteiger partial charge in [0.2, 0.25) is 0 Å². The van der Waals surface area contributed by atoms with Gasteiger partial charge in [0.1, 0.15) is 19.3 Å². The molecule has 0 saturated heterocycles. The topological polar surface area (TPSA) is 65.0 Å². The molecule has 0 aliphatic carbocycles. The molecule has 27 heavy (non-hydrogen) atoms. The Balaban J connectivity index is 1.76. The van der Waals surface area contributed by atoms with E-state index in [1.165, 1.54) is 14.2 Å². The van der Waals surface area contributed by atoms with Crippen molar-refractivity contribution in [3.05, 3.63) is 83.2 Å². The van der Waals surface area contributed by atoms with Gasteiger partial charge in [-0.2, -0.15) is 0 Å². The van der Waals surface area contributed by atoms with Gasteiger partial charge in [0.25, 0.3) is 0 Å². The lowest BCUT2D eigenvalue weighted by molar-refractivity contribution is -0.808. The lowest BCUT2D eigenvalue weighted by Crippen LogP contribution is -2.38.